The van der Waals surface area contributed by atoms with Crippen molar-refractivity contribution in [3.05, 3.63) is 0 Å². The average molecular weight is 145 g/mol. The lowest BCUT2D eigenvalue weighted by atomic mass is 10.0. The molecule has 0 aromatic carbocycles. The Morgan fingerprint density at radius 3 is 3.00 bits per heavy atom. The van der Waals surface area contributed by atoms with Crippen molar-refractivity contribution in [1.29, 1.82) is 0 Å². The summed E-state index contributed by atoms with van der Waals surface area (Å²) < 4.78 is 10.3. The summed E-state index contributed by atoms with van der Waals surface area (Å²) in [5, 5.41) is 3.35. The number of methoxy groups -OCH3 is 1. The minimum Gasteiger partial charge on any atom is -0.383 e. The second-order valence-electron chi connectivity index (χ2n) is 2.97. The van der Waals surface area contributed by atoms with Gasteiger partial charge < -0.3 is 14.8 Å². The molecule has 1 N–H and O–H groups in total. The Labute approximate surface area is 61.7 Å². The second-order valence-corrected chi connectivity index (χ2v) is 2.97. The predicted octanol–water partition coefficient (Wildman–Crippen LogP) is 0.0113. The molecule has 1 aliphatic heterocycles. The molecule has 60 valence electrons. The zero-order valence-electron chi connectivity index (χ0n) is 6.64. The van der Waals surface area contributed by atoms with Gasteiger partial charge in [-0.25, -0.2) is 0 Å². The number of hydrogen-bond donors (Lipinski definition) is 1. The van der Waals surface area contributed by atoms with Gasteiger partial charge in [-0.3, -0.25) is 0 Å². The standard InChI is InChI=1S/C7H15NO2/c1-7(5-9-2)6-10-4-3-8-7/h8H,3-6H2,1-2H3. The van der Waals surface area contributed by atoms with Crippen LogP contribution in [0.2, 0.25) is 0 Å². The maximum atomic E-state index is 5.30. The molecule has 0 radical (unpaired) electrons. The molecule has 1 saturated heterocycles. The fourth-order valence-corrected chi connectivity index (χ4v) is 1.18. The normalized spacial score (nSPS) is 34.2. The number of morpholine rings is 1. The van der Waals surface area contributed by atoms with Crippen molar-refractivity contribution < 1.29 is 9.47 Å². The molecule has 1 fully saturated rings. The number of ether oxygens (including phenoxy) is 2. The second kappa shape index (κ2) is 3.32. The summed E-state index contributed by atoms with van der Waals surface area (Å²) in [6.07, 6.45) is 0. The maximum absolute atomic E-state index is 5.30. The Hall–Kier alpha value is -0.120. The summed E-state index contributed by atoms with van der Waals surface area (Å²) in [6.45, 7) is 5.32. The van der Waals surface area contributed by atoms with Crippen molar-refractivity contribution in [2.24, 2.45) is 0 Å². The lowest BCUT2D eigenvalue weighted by Crippen LogP contribution is -2.54. The van der Waals surface area contributed by atoms with Gasteiger partial charge in [0.05, 0.1) is 25.4 Å². The summed E-state index contributed by atoms with van der Waals surface area (Å²) in [6, 6.07) is 0. The molecule has 0 saturated carbocycles. The van der Waals surface area contributed by atoms with Gasteiger partial charge in [-0.1, -0.05) is 0 Å². The third-order valence-corrected chi connectivity index (χ3v) is 1.68. The van der Waals surface area contributed by atoms with E-state index in [0.29, 0.717) is 6.61 Å². The molecular formula is C7H15NO2. The fourth-order valence-electron chi connectivity index (χ4n) is 1.18. The highest BCUT2D eigenvalue weighted by Gasteiger charge is 2.26. The quantitative estimate of drug-likeness (QED) is 0.594. The third-order valence-electron chi connectivity index (χ3n) is 1.68. The molecule has 1 atom stereocenters. The highest BCUT2D eigenvalue weighted by Crippen LogP contribution is 2.07. The monoisotopic (exact) mass is 145 g/mol. The van der Waals surface area contributed by atoms with E-state index in [1.54, 1.807) is 7.11 Å². The van der Waals surface area contributed by atoms with Gasteiger partial charge in [0, 0.05) is 13.7 Å². The summed E-state index contributed by atoms with van der Waals surface area (Å²) >= 11 is 0. The minimum absolute atomic E-state index is 0.0347. The maximum Gasteiger partial charge on any atom is 0.0668 e. The van der Waals surface area contributed by atoms with Crippen LogP contribution in [0.25, 0.3) is 0 Å². The molecule has 3 nitrogen and oxygen atoms in total. The summed E-state index contributed by atoms with van der Waals surface area (Å²) in [5.74, 6) is 0. The summed E-state index contributed by atoms with van der Waals surface area (Å²) in [5.41, 5.74) is 0.0347. The van der Waals surface area contributed by atoms with Gasteiger partial charge in [0.1, 0.15) is 0 Å². The van der Waals surface area contributed by atoms with Crippen LogP contribution in [0, 0.1) is 0 Å². The first-order valence-electron chi connectivity index (χ1n) is 3.58. The van der Waals surface area contributed by atoms with E-state index < -0.39 is 0 Å². The minimum atomic E-state index is 0.0347. The van der Waals surface area contributed by atoms with Gasteiger partial charge in [0.25, 0.3) is 0 Å². The lowest BCUT2D eigenvalue weighted by molar-refractivity contribution is -0.00319. The topological polar surface area (TPSA) is 30.5 Å². The van der Waals surface area contributed by atoms with Crippen LogP contribution in [-0.4, -0.2) is 39.0 Å². The zero-order chi connectivity index (χ0) is 7.45. The van der Waals surface area contributed by atoms with Crippen LogP contribution < -0.4 is 5.32 Å². The highest BCUT2D eigenvalue weighted by molar-refractivity contribution is 4.84. The van der Waals surface area contributed by atoms with Crippen LogP contribution in [0.5, 0.6) is 0 Å². The Kier molecular flexibility index (Phi) is 2.65. The Morgan fingerprint density at radius 1 is 1.70 bits per heavy atom. The third kappa shape index (κ3) is 1.94. The number of hydrogen-bond acceptors (Lipinski definition) is 3. The van der Waals surface area contributed by atoms with Crippen molar-refractivity contribution >= 4 is 0 Å². The molecule has 0 spiro atoms. The van der Waals surface area contributed by atoms with E-state index in [4.69, 9.17) is 9.47 Å². The molecular weight excluding hydrogens is 130 g/mol. The van der Waals surface area contributed by atoms with Gasteiger partial charge in [-0.05, 0) is 6.92 Å². The van der Waals surface area contributed by atoms with Crippen molar-refractivity contribution in [3.8, 4) is 0 Å². The smallest absolute Gasteiger partial charge is 0.0668 e. The van der Waals surface area contributed by atoms with Gasteiger partial charge in [0.15, 0.2) is 0 Å². The average Bonchev–Trinajstić information content (AvgIpc) is 1.89. The van der Waals surface area contributed by atoms with Crippen LogP contribution in [0.15, 0.2) is 0 Å². The van der Waals surface area contributed by atoms with E-state index in [1.165, 1.54) is 0 Å². The zero-order valence-corrected chi connectivity index (χ0v) is 6.64. The van der Waals surface area contributed by atoms with E-state index in [1.807, 2.05) is 0 Å². The first-order valence-corrected chi connectivity index (χ1v) is 3.58. The van der Waals surface area contributed by atoms with Crippen LogP contribution in [0.3, 0.4) is 0 Å². The Morgan fingerprint density at radius 2 is 2.50 bits per heavy atom. The molecule has 0 aromatic rings. The molecule has 3 heteroatoms. The van der Waals surface area contributed by atoms with Gasteiger partial charge >= 0.3 is 0 Å². The lowest BCUT2D eigenvalue weighted by Gasteiger charge is -2.33. The largest absolute Gasteiger partial charge is 0.383 e. The Bertz CT molecular complexity index is 94.3. The van der Waals surface area contributed by atoms with E-state index >= 15 is 0 Å². The van der Waals surface area contributed by atoms with Crippen molar-refractivity contribution in [2.45, 2.75) is 12.5 Å². The number of nitrogens with one attached hydrogen (secondary N) is 1. The van der Waals surface area contributed by atoms with Gasteiger partial charge in [0.2, 0.25) is 0 Å². The first-order chi connectivity index (χ1) is 4.77. The molecule has 1 unspecified atom stereocenters. The van der Waals surface area contributed by atoms with E-state index in [0.717, 1.165) is 19.8 Å². The predicted molar refractivity (Wildman–Crippen MR) is 39.1 cm³/mol. The fraction of sp³-hybridized carbons (Fsp3) is 1.00. The van der Waals surface area contributed by atoms with Gasteiger partial charge in [-0.15, -0.1) is 0 Å². The van der Waals surface area contributed by atoms with Crippen LogP contribution in [0.1, 0.15) is 6.92 Å². The van der Waals surface area contributed by atoms with E-state index in [9.17, 15) is 0 Å². The summed E-state index contributed by atoms with van der Waals surface area (Å²) in [4.78, 5) is 0. The number of rotatable bonds is 2. The molecule has 0 aliphatic carbocycles. The SMILES string of the molecule is COCC1(C)COCCN1. The molecule has 1 aliphatic rings. The molecule has 0 aromatic heterocycles. The van der Waals surface area contributed by atoms with Crippen LogP contribution in [-0.2, 0) is 9.47 Å². The van der Waals surface area contributed by atoms with Gasteiger partial charge in [-0.2, -0.15) is 0 Å². The molecule has 1 heterocycles. The molecule has 1 rings (SSSR count). The first kappa shape index (κ1) is 7.98. The van der Waals surface area contributed by atoms with E-state index in [-0.39, 0.29) is 5.54 Å². The van der Waals surface area contributed by atoms with Crippen LogP contribution >= 0.6 is 0 Å². The van der Waals surface area contributed by atoms with Crippen molar-refractivity contribution in [1.82, 2.24) is 5.32 Å². The highest BCUT2D eigenvalue weighted by atomic mass is 16.5. The van der Waals surface area contributed by atoms with Crippen molar-refractivity contribution in [3.63, 3.8) is 0 Å². The molecule has 10 heavy (non-hydrogen) atoms. The van der Waals surface area contributed by atoms with E-state index in [2.05, 4.69) is 12.2 Å². The van der Waals surface area contributed by atoms with Crippen molar-refractivity contribution in [2.75, 3.05) is 33.5 Å². The molecule has 0 bridgehead atoms. The Balaban J connectivity index is 2.32. The van der Waals surface area contributed by atoms with Crippen LogP contribution in [0.4, 0.5) is 0 Å². The molecule has 0 amide bonds. The summed E-state index contributed by atoms with van der Waals surface area (Å²) in [7, 11) is 1.71.